The van der Waals surface area contributed by atoms with Gasteiger partial charge in [-0.25, -0.2) is 0 Å². The largest absolute Gasteiger partial charge is 0.466 e. The lowest BCUT2D eigenvalue weighted by atomic mass is 9.86. The molecule has 0 N–H and O–H groups in total. The predicted molar refractivity (Wildman–Crippen MR) is 117 cm³/mol. The van der Waals surface area contributed by atoms with Crippen LogP contribution in [0.25, 0.3) is 0 Å². The lowest BCUT2D eigenvalue weighted by Crippen LogP contribution is -2.30. The monoisotopic (exact) mass is 419 g/mol. The number of carbonyl (C=O) groups excluding carboxylic acids is 1. The standard InChI is InChI=1S/C23H30ClNO2S/c1-3-27-23(26)17(2)15-18(20-8-4-5-9-21(20)24)7-6-12-25-13-10-22-19(16-25)11-14-28-22/h4-5,8-9,11,14,17-18H,3,6-7,10,12-13,15-16H2,1-2H3. The highest BCUT2D eigenvalue weighted by molar-refractivity contribution is 7.10. The van der Waals surface area contributed by atoms with Crippen LogP contribution in [0.5, 0.6) is 0 Å². The number of esters is 1. The first-order valence-electron chi connectivity index (χ1n) is 10.3. The van der Waals surface area contributed by atoms with E-state index in [1.165, 1.54) is 12.0 Å². The predicted octanol–water partition coefficient (Wildman–Crippen LogP) is 5.91. The van der Waals surface area contributed by atoms with E-state index in [2.05, 4.69) is 22.4 Å². The number of hydrogen-bond donors (Lipinski definition) is 0. The molecule has 0 saturated heterocycles. The van der Waals surface area contributed by atoms with Gasteiger partial charge in [-0.1, -0.05) is 36.7 Å². The van der Waals surface area contributed by atoms with Crippen LogP contribution in [-0.2, 0) is 22.5 Å². The molecule has 0 fully saturated rings. The van der Waals surface area contributed by atoms with Crippen LogP contribution in [0.4, 0.5) is 0 Å². The van der Waals surface area contributed by atoms with E-state index in [1.54, 1.807) is 4.88 Å². The summed E-state index contributed by atoms with van der Waals surface area (Å²) in [4.78, 5) is 16.2. The summed E-state index contributed by atoms with van der Waals surface area (Å²) in [5.74, 6) is 0.0414. The summed E-state index contributed by atoms with van der Waals surface area (Å²) < 4.78 is 5.22. The Morgan fingerprint density at radius 3 is 2.93 bits per heavy atom. The van der Waals surface area contributed by atoms with E-state index in [-0.39, 0.29) is 17.8 Å². The Balaban J connectivity index is 1.59. The van der Waals surface area contributed by atoms with Crippen LogP contribution in [0.1, 0.15) is 55.0 Å². The third-order valence-corrected chi connectivity index (χ3v) is 6.95. The smallest absolute Gasteiger partial charge is 0.308 e. The first kappa shape index (κ1) is 21.4. The minimum atomic E-state index is -0.121. The van der Waals surface area contributed by atoms with Gasteiger partial charge >= 0.3 is 5.97 Å². The fraction of sp³-hybridized carbons (Fsp3) is 0.522. The van der Waals surface area contributed by atoms with E-state index >= 15 is 0 Å². The molecule has 0 radical (unpaired) electrons. The van der Waals surface area contributed by atoms with Crippen LogP contribution < -0.4 is 0 Å². The topological polar surface area (TPSA) is 29.5 Å². The van der Waals surface area contributed by atoms with Crippen LogP contribution in [0, 0.1) is 5.92 Å². The third kappa shape index (κ3) is 5.59. The first-order chi connectivity index (χ1) is 13.6. The van der Waals surface area contributed by atoms with Crippen LogP contribution in [0.3, 0.4) is 0 Å². The normalized spacial score (nSPS) is 16.4. The Hall–Kier alpha value is -1.36. The van der Waals surface area contributed by atoms with E-state index in [9.17, 15) is 4.79 Å². The number of halogens is 1. The molecule has 0 amide bonds. The Morgan fingerprint density at radius 2 is 2.14 bits per heavy atom. The number of thiophene rings is 1. The van der Waals surface area contributed by atoms with Crippen molar-refractivity contribution >= 4 is 28.9 Å². The Kier molecular flexibility index (Phi) is 7.95. The van der Waals surface area contributed by atoms with Crippen molar-refractivity contribution in [3.8, 4) is 0 Å². The maximum Gasteiger partial charge on any atom is 0.308 e. The molecule has 2 heterocycles. The zero-order valence-electron chi connectivity index (χ0n) is 16.8. The average molecular weight is 420 g/mol. The van der Waals surface area contributed by atoms with Crippen molar-refractivity contribution < 1.29 is 9.53 Å². The maximum absolute atomic E-state index is 12.1. The van der Waals surface area contributed by atoms with E-state index in [0.717, 1.165) is 49.5 Å². The summed E-state index contributed by atoms with van der Waals surface area (Å²) in [5.41, 5.74) is 2.65. The van der Waals surface area contributed by atoms with Crippen molar-refractivity contribution in [3.05, 3.63) is 56.7 Å². The fourth-order valence-corrected chi connectivity index (χ4v) is 5.25. The summed E-state index contributed by atoms with van der Waals surface area (Å²) in [6, 6.07) is 10.3. The summed E-state index contributed by atoms with van der Waals surface area (Å²) >= 11 is 8.37. The highest BCUT2D eigenvalue weighted by atomic mass is 35.5. The second kappa shape index (κ2) is 10.4. The quantitative estimate of drug-likeness (QED) is 0.473. The molecule has 152 valence electrons. The van der Waals surface area contributed by atoms with Gasteiger partial charge in [0.1, 0.15) is 0 Å². The van der Waals surface area contributed by atoms with Crippen LogP contribution >= 0.6 is 22.9 Å². The van der Waals surface area contributed by atoms with Gasteiger partial charge in [0.2, 0.25) is 0 Å². The molecule has 3 rings (SSSR count). The molecule has 28 heavy (non-hydrogen) atoms. The second-order valence-corrected chi connectivity index (χ2v) is 9.05. The molecule has 0 aliphatic carbocycles. The molecular weight excluding hydrogens is 390 g/mol. The first-order valence-corrected chi connectivity index (χ1v) is 11.5. The summed E-state index contributed by atoms with van der Waals surface area (Å²) in [5, 5.41) is 3.00. The molecule has 2 unspecified atom stereocenters. The third-order valence-electron chi connectivity index (χ3n) is 5.59. The highest BCUT2D eigenvalue weighted by Gasteiger charge is 2.23. The van der Waals surface area contributed by atoms with E-state index in [1.807, 2.05) is 43.4 Å². The van der Waals surface area contributed by atoms with Crippen LogP contribution in [-0.4, -0.2) is 30.6 Å². The molecule has 3 nitrogen and oxygen atoms in total. The highest BCUT2D eigenvalue weighted by Crippen LogP contribution is 2.34. The van der Waals surface area contributed by atoms with Crippen molar-refractivity contribution in [1.29, 1.82) is 0 Å². The summed E-state index contributed by atoms with van der Waals surface area (Å²) in [7, 11) is 0. The molecule has 0 bridgehead atoms. The van der Waals surface area contributed by atoms with Gasteiger partial charge in [0.15, 0.2) is 0 Å². The molecule has 1 aromatic carbocycles. The average Bonchev–Trinajstić information content (AvgIpc) is 3.15. The van der Waals surface area contributed by atoms with E-state index in [4.69, 9.17) is 16.3 Å². The zero-order chi connectivity index (χ0) is 19.9. The summed E-state index contributed by atoms with van der Waals surface area (Å²) in [6.45, 7) is 7.54. The van der Waals surface area contributed by atoms with Crippen LogP contribution in [0.15, 0.2) is 35.7 Å². The molecule has 1 aliphatic heterocycles. The number of fused-ring (bicyclic) bond motifs is 1. The lowest BCUT2D eigenvalue weighted by Gasteiger charge is -2.28. The molecule has 0 spiro atoms. The van der Waals surface area contributed by atoms with E-state index < -0.39 is 0 Å². The Morgan fingerprint density at radius 1 is 1.32 bits per heavy atom. The minimum absolute atomic E-state index is 0.111. The Labute approximate surface area is 177 Å². The van der Waals surface area contributed by atoms with Gasteiger partial charge in [-0.2, -0.15) is 0 Å². The van der Waals surface area contributed by atoms with E-state index in [0.29, 0.717) is 6.61 Å². The number of nitrogens with zero attached hydrogens (tertiary/aromatic N) is 1. The van der Waals surface area contributed by atoms with Gasteiger partial charge in [-0.05, 0) is 73.7 Å². The minimum Gasteiger partial charge on any atom is -0.466 e. The van der Waals surface area contributed by atoms with Gasteiger partial charge in [0.05, 0.1) is 12.5 Å². The molecule has 1 aliphatic rings. The van der Waals surface area contributed by atoms with Crippen molar-refractivity contribution in [2.75, 3.05) is 19.7 Å². The number of rotatable bonds is 9. The zero-order valence-corrected chi connectivity index (χ0v) is 18.4. The van der Waals surface area contributed by atoms with Crippen molar-refractivity contribution in [1.82, 2.24) is 4.90 Å². The van der Waals surface area contributed by atoms with Crippen molar-refractivity contribution in [2.24, 2.45) is 5.92 Å². The molecule has 2 atom stereocenters. The van der Waals surface area contributed by atoms with Gasteiger partial charge in [-0.3, -0.25) is 9.69 Å². The van der Waals surface area contributed by atoms with Crippen LogP contribution in [0.2, 0.25) is 5.02 Å². The summed E-state index contributed by atoms with van der Waals surface area (Å²) in [6.07, 6.45) is 4.07. The molecular formula is C23H30ClNO2S. The Bertz CT molecular complexity index is 775. The van der Waals surface area contributed by atoms with Gasteiger partial charge in [-0.15, -0.1) is 11.3 Å². The molecule has 1 aromatic heterocycles. The second-order valence-electron chi connectivity index (χ2n) is 7.64. The number of hydrogen-bond acceptors (Lipinski definition) is 4. The number of carbonyl (C=O) groups is 1. The molecule has 2 aromatic rings. The van der Waals surface area contributed by atoms with Crippen molar-refractivity contribution in [3.63, 3.8) is 0 Å². The van der Waals surface area contributed by atoms with Crippen molar-refractivity contribution in [2.45, 2.75) is 52.0 Å². The number of benzene rings is 1. The van der Waals surface area contributed by atoms with Gasteiger partial charge in [0.25, 0.3) is 0 Å². The maximum atomic E-state index is 12.1. The fourth-order valence-electron chi connectivity index (χ4n) is 4.07. The van der Waals surface area contributed by atoms with Gasteiger partial charge < -0.3 is 4.74 Å². The lowest BCUT2D eigenvalue weighted by molar-refractivity contribution is -0.147. The van der Waals surface area contributed by atoms with Gasteiger partial charge in [0, 0.05) is 23.0 Å². The molecule has 5 heteroatoms. The SMILES string of the molecule is CCOC(=O)C(C)CC(CCCN1CCc2sccc2C1)c1ccccc1Cl. The number of ether oxygens (including phenoxy) is 1. The molecule has 0 saturated carbocycles.